The standard InChI is InChI=1S/C10H10O4/c11-5-7-1-2-9(14-10(7)12)8-3-4-13-6-8/h1,3-4,6,9,11H,2,5H2/t9-/m0/s1. The molecular formula is C10H10O4. The van der Waals surface area contributed by atoms with Gasteiger partial charge in [0.15, 0.2) is 0 Å². The largest absolute Gasteiger partial charge is 0.472 e. The molecule has 0 spiro atoms. The Bertz CT molecular complexity index is 350. The van der Waals surface area contributed by atoms with Crippen LogP contribution >= 0.6 is 0 Å². The van der Waals surface area contributed by atoms with E-state index in [1.807, 2.05) is 0 Å². The van der Waals surface area contributed by atoms with Gasteiger partial charge in [0.1, 0.15) is 6.10 Å². The van der Waals surface area contributed by atoms with Crippen LogP contribution in [0.1, 0.15) is 18.1 Å². The van der Waals surface area contributed by atoms with Crippen LogP contribution in [0.5, 0.6) is 0 Å². The quantitative estimate of drug-likeness (QED) is 0.718. The first-order valence-corrected chi connectivity index (χ1v) is 4.34. The third-order valence-corrected chi connectivity index (χ3v) is 2.18. The number of ether oxygens (including phenoxy) is 1. The van der Waals surface area contributed by atoms with Crippen molar-refractivity contribution in [2.24, 2.45) is 0 Å². The molecule has 1 aromatic rings. The zero-order chi connectivity index (χ0) is 9.97. The number of carbonyl (C=O) groups is 1. The number of furan rings is 1. The number of hydrogen-bond donors (Lipinski definition) is 1. The molecule has 4 nitrogen and oxygen atoms in total. The molecular weight excluding hydrogens is 184 g/mol. The molecule has 0 amide bonds. The van der Waals surface area contributed by atoms with Crippen molar-refractivity contribution >= 4 is 5.97 Å². The van der Waals surface area contributed by atoms with Gasteiger partial charge in [0.2, 0.25) is 0 Å². The fourth-order valence-corrected chi connectivity index (χ4v) is 1.38. The molecule has 1 N–H and O–H groups in total. The van der Waals surface area contributed by atoms with E-state index in [0.29, 0.717) is 12.0 Å². The van der Waals surface area contributed by atoms with E-state index in [0.717, 1.165) is 5.56 Å². The van der Waals surface area contributed by atoms with Crippen molar-refractivity contribution in [3.63, 3.8) is 0 Å². The van der Waals surface area contributed by atoms with E-state index < -0.39 is 5.97 Å². The molecule has 0 aliphatic carbocycles. The first-order chi connectivity index (χ1) is 6.81. The van der Waals surface area contributed by atoms with Gasteiger partial charge in [-0.1, -0.05) is 6.08 Å². The van der Waals surface area contributed by atoms with Gasteiger partial charge in [-0.3, -0.25) is 0 Å². The summed E-state index contributed by atoms with van der Waals surface area (Å²) in [6, 6.07) is 1.76. The van der Waals surface area contributed by atoms with Crippen LogP contribution in [0, 0.1) is 0 Å². The third-order valence-electron chi connectivity index (χ3n) is 2.18. The summed E-state index contributed by atoms with van der Waals surface area (Å²) in [5.41, 5.74) is 1.16. The molecule has 0 radical (unpaired) electrons. The summed E-state index contributed by atoms with van der Waals surface area (Å²) in [5, 5.41) is 8.79. The molecule has 1 aliphatic heterocycles. The number of rotatable bonds is 2. The van der Waals surface area contributed by atoms with Crippen LogP contribution in [0.2, 0.25) is 0 Å². The Morgan fingerprint density at radius 1 is 1.57 bits per heavy atom. The lowest BCUT2D eigenvalue weighted by molar-refractivity contribution is -0.146. The molecule has 0 fully saturated rings. The van der Waals surface area contributed by atoms with E-state index in [2.05, 4.69) is 0 Å². The second-order valence-corrected chi connectivity index (χ2v) is 3.07. The van der Waals surface area contributed by atoms with Crippen LogP contribution in [0.3, 0.4) is 0 Å². The SMILES string of the molecule is O=C1O[C@H](c2ccoc2)CC=C1CO. The Balaban J connectivity index is 2.14. The first-order valence-electron chi connectivity index (χ1n) is 4.34. The molecule has 2 rings (SSSR count). The summed E-state index contributed by atoms with van der Waals surface area (Å²) in [6.07, 6.45) is 5.09. The van der Waals surface area contributed by atoms with Crippen molar-refractivity contribution in [1.29, 1.82) is 0 Å². The summed E-state index contributed by atoms with van der Waals surface area (Å²) in [7, 11) is 0. The second-order valence-electron chi connectivity index (χ2n) is 3.07. The maximum atomic E-state index is 11.2. The molecule has 1 atom stereocenters. The van der Waals surface area contributed by atoms with Crippen molar-refractivity contribution in [3.05, 3.63) is 35.8 Å². The molecule has 74 valence electrons. The molecule has 1 aromatic heterocycles. The number of aliphatic hydroxyl groups excluding tert-OH is 1. The highest BCUT2D eigenvalue weighted by atomic mass is 16.5. The summed E-state index contributed by atoms with van der Waals surface area (Å²) >= 11 is 0. The van der Waals surface area contributed by atoms with Crippen LogP contribution in [-0.2, 0) is 9.53 Å². The zero-order valence-electron chi connectivity index (χ0n) is 7.47. The lowest BCUT2D eigenvalue weighted by atomic mass is 10.1. The normalized spacial score (nSPS) is 21.6. The average Bonchev–Trinajstić information content (AvgIpc) is 2.70. The van der Waals surface area contributed by atoms with E-state index in [1.165, 1.54) is 6.26 Å². The van der Waals surface area contributed by atoms with Gasteiger partial charge in [-0.15, -0.1) is 0 Å². The zero-order valence-corrected chi connectivity index (χ0v) is 7.47. The molecule has 0 aromatic carbocycles. The van der Waals surface area contributed by atoms with Gasteiger partial charge >= 0.3 is 5.97 Å². The van der Waals surface area contributed by atoms with E-state index in [4.69, 9.17) is 14.3 Å². The second kappa shape index (κ2) is 3.67. The van der Waals surface area contributed by atoms with Crippen molar-refractivity contribution in [3.8, 4) is 0 Å². The number of cyclic esters (lactones) is 1. The van der Waals surface area contributed by atoms with Crippen molar-refractivity contribution < 1.29 is 19.1 Å². The highest BCUT2D eigenvalue weighted by molar-refractivity contribution is 5.89. The fourth-order valence-electron chi connectivity index (χ4n) is 1.38. The summed E-state index contributed by atoms with van der Waals surface area (Å²) < 4.78 is 10.0. The van der Waals surface area contributed by atoms with Gasteiger partial charge in [0, 0.05) is 12.0 Å². The van der Waals surface area contributed by atoms with Gasteiger partial charge in [-0.25, -0.2) is 4.79 Å². The van der Waals surface area contributed by atoms with E-state index in [9.17, 15) is 4.79 Å². The fraction of sp³-hybridized carbons (Fsp3) is 0.300. The summed E-state index contributed by atoms with van der Waals surface area (Å²) in [4.78, 5) is 11.2. The highest BCUT2D eigenvalue weighted by Crippen LogP contribution is 2.27. The van der Waals surface area contributed by atoms with Crippen molar-refractivity contribution in [2.45, 2.75) is 12.5 Å². The van der Waals surface area contributed by atoms with Crippen LogP contribution in [0.4, 0.5) is 0 Å². The highest BCUT2D eigenvalue weighted by Gasteiger charge is 2.24. The summed E-state index contributed by atoms with van der Waals surface area (Å²) in [6.45, 7) is -0.267. The monoisotopic (exact) mass is 194 g/mol. The molecule has 2 heterocycles. The minimum atomic E-state index is -0.454. The van der Waals surface area contributed by atoms with Crippen LogP contribution in [-0.4, -0.2) is 17.7 Å². The van der Waals surface area contributed by atoms with Crippen molar-refractivity contribution in [1.82, 2.24) is 0 Å². The molecule has 0 saturated heterocycles. The number of esters is 1. The topological polar surface area (TPSA) is 59.7 Å². The van der Waals surface area contributed by atoms with Gasteiger partial charge in [0.05, 0.1) is 24.7 Å². The Morgan fingerprint density at radius 3 is 3.00 bits per heavy atom. The summed E-state index contributed by atoms with van der Waals surface area (Å²) in [5.74, 6) is -0.454. The Hall–Kier alpha value is -1.55. The van der Waals surface area contributed by atoms with E-state index >= 15 is 0 Å². The molecule has 1 aliphatic rings. The smallest absolute Gasteiger partial charge is 0.336 e. The number of carbonyl (C=O) groups excluding carboxylic acids is 1. The molecule has 0 bridgehead atoms. The maximum Gasteiger partial charge on any atom is 0.336 e. The van der Waals surface area contributed by atoms with E-state index in [1.54, 1.807) is 18.4 Å². The first kappa shape index (κ1) is 9.02. The number of aliphatic hydroxyl groups is 1. The molecule has 0 saturated carbocycles. The predicted molar refractivity (Wildman–Crippen MR) is 47.3 cm³/mol. The molecule has 14 heavy (non-hydrogen) atoms. The molecule has 0 unspecified atom stereocenters. The van der Waals surface area contributed by atoms with Gasteiger partial charge < -0.3 is 14.3 Å². The van der Waals surface area contributed by atoms with Crippen LogP contribution < -0.4 is 0 Å². The Kier molecular flexibility index (Phi) is 2.37. The van der Waals surface area contributed by atoms with Gasteiger partial charge in [0.25, 0.3) is 0 Å². The van der Waals surface area contributed by atoms with Crippen molar-refractivity contribution in [2.75, 3.05) is 6.61 Å². The Labute approximate surface area is 80.8 Å². The maximum absolute atomic E-state index is 11.2. The Morgan fingerprint density at radius 2 is 2.43 bits per heavy atom. The lowest BCUT2D eigenvalue weighted by Gasteiger charge is -2.20. The van der Waals surface area contributed by atoms with Crippen LogP contribution in [0.25, 0.3) is 0 Å². The minimum absolute atomic E-state index is 0.267. The van der Waals surface area contributed by atoms with Crippen LogP contribution in [0.15, 0.2) is 34.7 Å². The van der Waals surface area contributed by atoms with Gasteiger partial charge in [-0.2, -0.15) is 0 Å². The third kappa shape index (κ3) is 1.56. The molecule has 4 heteroatoms. The predicted octanol–water partition coefficient (Wildman–Crippen LogP) is 1.19. The van der Waals surface area contributed by atoms with E-state index in [-0.39, 0.29) is 12.7 Å². The average molecular weight is 194 g/mol. The van der Waals surface area contributed by atoms with Gasteiger partial charge in [-0.05, 0) is 6.07 Å². The minimum Gasteiger partial charge on any atom is -0.472 e. The lowest BCUT2D eigenvalue weighted by Crippen LogP contribution is -2.19. The number of hydrogen-bond acceptors (Lipinski definition) is 4.